The van der Waals surface area contributed by atoms with E-state index >= 15 is 0 Å². The highest BCUT2D eigenvalue weighted by atomic mass is 19.1. The van der Waals surface area contributed by atoms with Gasteiger partial charge in [0.25, 0.3) is 0 Å². The zero-order valence-corrected chi connectivity index (χ0v) is 16.7. The number of likely N-dealkylation sites (N-methyl/N-ethyl adjacent to an activating group) is 1. The number of aliphatic hydroxyl groups is 1. The molecule has 2 fully saturated rings. The third-order valence-electron chi connectivity index (χ3n) is 6.39. The van der Waals surface area contributed by atoms with Crippen LogP contribution < -0.4 is 0 Å². The van der Waals surface area contributed by atoms with Crippen LogP contribution in [0.3, 0.4) is 0 Å². The monoisotopic (exact) mass is 386 g/mol. The quantitative estimate of drug-likeness (QED) is 0.823. The average Bonchev–Trinajstić information content (AvgIpc) is 3.10. The minimum Gasteiger partial charge on any atom is -0.396 e. The van der Waals surface area contributed by atoms with Crippen molar-refractivity contribution < 1.29 is 9.50 Å². The van der Waals surface area contributed by atoms with Gasteiger partial charge in [-0.15, -0.1) is 0 Å². The van der Waals surface area contributed by atoms with Crippen molar-refractivity contribution in [1.29, 1.82) is 0 Å². The van der Waals surface area contributed by atoms with Gasteiger partial charge >= 0.3 is 0 Å². The van der Waals surface area contributed by atoms with Crippen LogP contribution in [0.2, 0.25) is 0 Å². The van der Waals surface area contributed by atoms with E-state index in [0.717, 1.165) is 75.5 Å². The van der Waals surface area contributed by atoms with Crippen LogP contribution in [0.5, 0.6) is 0 Å². The molecule has 0 saturated carbocycles. The summed E-state index contributed by atoms with van der Waals surface area (Å²) in [5.74, 6) is 0.612. The van der Waals surface area contributed by atoms with Crippen LogP contribution in [0, 0.1) is 17.7 Å². The van der Waals surface area contributed by atoms with Gasteiger partial charge < -0.3 is 14.9 Å². The first-order valence-electron chi connectivity index (χ1n) is 10.5. The Morgan fingerprint density at radius 1 is 1.00 bits per heavy atom. The first-order chi connectivity index (χ1) is 13.6. The number of piperazine rings is 1. The fourth-order valence-corrected chi connectivity index (χ4v) is 4.65. The second-order valence-corrected chi connectivity index (χ2v) is 8.27. The SMILES string of the molecule is CCN1CCN(CC2CN(Cc3ccc4cc(F)ccc4n3)CC2CO)CC1. The van der Waals surface area contributed by atoms with Crippen molar-refractivity contribution in [3.8, 4) is 0 Å². The molecule has 0 aliphatic carbocycles. The molecule has 2 aliphatic heterocycles. The fourth-order valence-electron chi connectivity index (χ4n) is 4.65. The lowest BCUT2D eigenvalue weighted by Crippen LogP contribution is -2.48. The third-order valence-corrected chi connectivity index (χ3v) is 6.39. The number of fused-ring (bicyclic) bond motifs is 1. The lowest BCUT2D eigenvalue weighted by Gasteiger charge is -2.36. The molecule has 1 N–H and O–H groups in total. The summed E-state index contributed by atoms with van der Waals surface area (Å²) >= 11 is 0. The number of likely N-dealkylation sites (tertiary alicyclic amines) is 1. The summed E-state index contributed by atoms with van der Waals surface area (Å²) in [6, 6.07) is 8.68. The van der Waals surface area contributed by atoms with Gasteiger partial charge in [-0.25, -0.2) is 4.39 Å². The van der Waals surface area contributed by atoms with Gasteiger partial charge in [0.15, 0.2) is 0 Å². The van der Waals surface area contributed by atoms with E-state index in [1.54, 1.807) is 6.07 Å². The van der Waals surface area contributed by atoms with Crippen LogP contribution in [0.1, 0.15) is 12.6 Å². The van der Waals surface area contributed by atoms with Crippen molar-refractivity contribution >= 4 is 10.9 Å². The van der Waals surface area contributed by atoms with Crippen LogP contribution in [0.25, 0.3) is 10.9 Å². The molecule has 6 heteroatoms. The molecule has 152 valence electrons. The molecule has 0 bridgehead atoms. The summed E-state index contributed by atoms with van der Waals surface area (Å²) in [7, 11) is 0. The van der Waals surface area contributed by atoms with Crippen molar-refractivity contribution in [2.45, 2.75) is 13.5 Å². The molecule has 1 aromatic heterocycles. The van der Waals surface area contributed by atoms with E-state index in [-0.39, 0.29) is 12.4 Å². The van der Waals surface area contributed by atoms with Crippen LogP contribution in [0.15, 0.2) is 30.3 Å². The second-order valence-electron chi connectivity index (χ2n) is 8.27. The van der Waals surface area contributed by atoms with Gasteiger partial charge in [0, 0.05) is 64.4 Å². The summed E-state index contributed by atoms with van der Waals surface area (Å²) in [4.78, 5) is 12.2. The van der Waals surface area contributed by atoms with Crippen molar-refractivity contribution in [2.24, 2.45) is 11.8 Å². The maximum Gasteiger partial charge on any atom is 0.123 e. The number of hydrogen-bond donors (Lipinski definition) is 1. The number of hydrogen-bond acceptors (Lipinski definition) is 5. The maximum absolute atomic E-state index is 13.4. The molecule has 2 aliphatic rings. The minimum absolute atomic E-state index is 0.227. The van der Waals surface area contributed by atoms with E-state index in [1.807, 2.05) is 12.1 Å². The Kier molecular flexibility index (Phi) is 6.21. The molecule has 0 amide bonds. The Labute approximate surface area is 166 Å². The lowest BCUT2D eigenvalue weighted by atomic mass is 9.96. The number of nitrogens with zero attached hydrogens (tertiary/aromatic N) is 4. The Morgan fingerprint density at radius 2 is 1.75 bits per heavy atom. The predicted octanol–water partition coefficient (Wildman–Crippen LogP) is 2.05. The standard InChI is InChI=1S/C22H31FN4O/c1-2-25-7-9-26(10-8-25)12-18-13-27(14-19(18)16-28)15-21-5-3-17-11-20(23)4-6-22(17)24-21/h3-6,11,18-19,28H,2,7-10,12-16H2,1H3. The number of aliphatic hydroxyl groups excluding tert-OH is 1. The molecule has 0 spiro atoms. The van der Waals surface area contributed by atoms with Crippen molar-refractivity contribution in [3.05, 3.63) is 41.8 Å². The average molecular weight is 387 g/mol. The van der Waals surface area contributed by atoms with E-state index in [2.05, 4.69) is 21.6 Å². The molecule has 2 unspecified atom stereocenters. The largest absolute Gasteiger partial charge is 0.396 e. The summed E-state index contributed by atoms with van der Waals surface area (Å²) < 4.78 is 13.4. The second kappa shape index (κ2) is 8.82. The summed E-state index contributed by atoms with van der Waals surface area (Å²) in [6.45, 7) is 11.9. The smallest absolute Gasteiger partial charge is 0.123 e. The highest BCUT2D eigenvalue weighted by Gasteiger charge is 2.34. The zero-order valence-electron chi connectivity index (χ0n) is 16.7. The van der Waals surface area contributed by atoms with E-state index < -0.39 is 0 Å². The topological polar surface area (TPSA) is 42.8 Å². The Morgan fingerprint density at radius 3 is 2.50 bits per heavy atom. The molecule has 2 atom stereocenters. The van der Waals surface area contributed by atoms with Crippen LogP contribution in [0.4, 0.5) is 4.39 Å². The van der Waals surface area contributed by atoms with Crippen molar-refractivity contribution in [1.82, 2.24) is 19.7 Å². The summed E-state index contributed by atoms with van der Waals surface area (Å²) in [5, 5.41) is 10.7. The van der Waals surface area contributed by atoms with E-state index in [1.165, 1.54) is 12.1 Å². The molecule has 2 aromatic rings. The molecule has 3 heterocycles. The van der Waals surface area contributed by atoms with E-state index in [9.17, 15) is 9.50 Å². The summed E-state index contributed by atoms with van der Waals surface area (Å²) in [5.41, 5.74) is 1.84. The molecule has 5 nitrogen and oxygen atoms in total. The van der Waals surface area contributed by atoms with Gasteiger partial charge in [-0.1, -0.05) is 13.0 Å². The van der Waals surface area contributed by atoms with Gasteiger partial charge in [0.05, 0.1) is 11.2 Å². The summed E-state index contributed by atoms with van der Waals surface area (Å²) in [6.07, 6.45) is 0. The minimum atomic E-state index is -0.227. The number of pyridine rings is 1. The third kappa shape index (κ3) is 4.51. The van der Waals surface area contributed by atoms with Crippen LogP contribution >= 0.6 is 0 Å². The van der Waals surface area contributed by atoms with Gasteiger partial charge in [0.2, 0.25) is 0 Å². The van der Waals surface area contributed by atoms with Crippen LogP contribution in [-0.2, 0) is 6.54 Å². The highest BCUT2D eigenvalue weighted by Crippen LogP contribution is 2.26. The molecule has 2 saturated heterocycles. The molecule has 1 aromatic carbocycles. The fraction of sp³-hybridized carbons (Fsp3) is 0.591. The normalized spacial score (nSPS) is 25.0. The first kappa shape index (κ1) is 19.7. The molecule has 0 radical (unpaired) electrons. The number of rotatable bonds is 6. The maximum atomic E-state index is 13.4. The molecular formula is C22H31FN4O. The lowest BCUT2D eigenvalue weighted by molar-refractivity contribution is 0.106. The zero-order chi connectivity index (χ0) is 19.5. The first-order valence-corrected chi connectivity index (χ1v) is 10.5. The Balaban J connectivity index is 1.36. The predicted molar refractivity (Wildman–Crippen MR) is 110 cm³/mol. The van der Waals surface area contributed by atoms with Gasteiger partial charge in [-0.05, 0) is 42.6 Å². The number of aromatic nitrogens is 1. The molecule has 4 rings (SSSR count). The van der Waals surface area contributed by atoms with Crippen LogP contribution in [-0.4, -0.2) is 83.8 Å². The van der Waals surface area contributed by atoms with Crippen molar-refractivity contribution in [3.63, 3.8) is 0 Å². The van der Waals surface area contributed by atoms with Gasteiger partial charge in [-0.3, -0.25) is 9.88 Å². The van der Waals surface area contributed by atoms with Crippen molar-refractivity contribution in [2.75, 3.05) is 59.0 Å². The van der Waals surface area contributed by atoms with E-state index in [4.69, 9.17) is 4.98 Å². The Hall–Kier alpha value is -1.60. The van der Waals surface area contributed by atoms with Gasteiger partial charge in [0.1, 0.15) is 5.82 Å². The molecular weight excluding hydrogens is 355 g/mol. The number of benzene rings is 1. The highest BCUT2D eigenvalue weighted by molar-refractivity contribution is 5.78. The van der Waals surface area contributed by atoms with E-state index in [0.29, 0.717) is 11.8 Å². The van der Waals surface area contributed by atoms with Gasteiger partial charge in [-0.2, -0.15) is 0 Å². The Bertz CT molecular complexity index is 793. The number of halogens is 1. The molecule has 28 heavy (non-hydrogen) atoms.